The van der Waals surface area contributed by atoms with E-state index in [1.54, 1.807) is 0 Å². The molecular weight excluding hydrogens is 334 g/mol. The number of rotatable bonds is 6. The summed E-state index contributed by atoms with van der Waals surface area (Å²) in [6.07, 6.45) is 2.39. The number of benzene rings is 1. The van der Waals surface area contributed by atoms with E-state index >= 15 is 0 Å². The van der Waals surface area contributed by atoms with Crippen molar-refractivity contribution in [1.29, 1.82) is 0 Å². The third kappa shape index (κ3) is 4.51. The van der Waals surface area contributed by atoms with E-state index in [-0.39, 0.29) is 18.6 Å². The normalized spacial score (nSPS) is 17.3. The van der Waals surface area contributed by atoms with Crippen molar-refractivity contribution in [1.82, 2.24) is 10.3 Å². The first-order chi connectivity index (χ1) is 11.2. The summed E-state index contributed by atoms with van der Waals surface area (Å²) < 4.78 is 5.50. The Hall–Kier alpha value is -1.47. The minimum absolute atomic E-state index is 0.108. The fraction of sp³-hybridized carbons (Fsp3) is 0.375. The number of nitrogens with zero attached hydrogens (tertiary/aromatic N) is 1. The molecule has 1 atom stereocenters. The first-order valence-electron chi connectivity index (χ1n) is 7.55. The summed E-state index contributed by atoms with van der Waals surface area (Å²) >= 11 is 7.55. The van der Waals surface area contributed by atoms with E-state index in [9.17, 15) is 4.79 Å². The van der Waals surface area contributed by atoms with Crippen molar-refractivity contribution in [2.75, 3.05) is 25.0 Å². The predicted molar refractivity (Wildman–Crippen MR) is 93.0 cm³/mol. The SMILES string of the molecule is O=C(CNCC1CCCO1)Nc1nc(-c2ccccc2Cl)cs1. The third-order valence-electron chi connectivity index (χ3n) is 3.58. The minimum Gasteiger partial charge on any atom is -0.377 e. The quantitative estimate of drug-likeness (QED) is 0.839. The molecule has 23 heavy (non-hydrogen) atoms. The van der Waals surface area contributed by atoms with Crippen LogP contribution in [0.3, 0.4) is 0 Å². The van der Waals surface area contributed by atoms with Crippen LogP contribution in [-0.2, 0) is 9.53 Å². The molecule has 0 saturated carbocycles. The van der Waals surface area contributed by atoms with Crippen molar-refractivity contribution in [2.24, 2.45) is 0 Å². The molecule has 1 fully saturated rings. The summed E-state index contributed by atoms with van der Waals surface area (Å²) in [5.41, 5.74) is 1.63. The number of amides is 1. The van der Waals surface area contributed by atoms with Crippen LogP contribution in [0.25, 0.3) is 11.3 Å². The zero-order chi connectivity index (χ0) is 16.1. The molecule has 1 aromatic carbocycles. The Kier molecular flexibility index (Phi) is 5.61. The highest BCUT2D eigenvalue weighted by molar-refractivity contribution is 7.14. The Morgan fingerprint density at radius 3 is 3.09 bits per heavy atom. The molecule has 0 radical (unpaired) electrons. The van der Waals surface area contributed by atoms with Gasteiger partial charge in [0.1, 0.15) is 0 Å². The maximum absolute atomic E-state index is 11.9. The van der Waals surface area contributed by atoms with Gasteiger partial charge in [0.25, 0.3) is 0 Å². The molecule has 1 aliphatic heterocycles. The smallest absolute Gasteiger partial charge is 0.240 e. The van der Waals surface area contributed by atoms with Gasteiger partial charge in [-0.3, -0.25) is 4.79 Å². The van der Waals surface area contributed by atoms with Gasteiger partial charge in [-0.25, -0.2) is 4.98 Å². The molecule has 1 saturated heterocycles. The highest BCUT2D eigenvalue weighted by Gasteiger charge is 2.15. The van der Waals surface area contributed by atoms with E-state index in [4.69, 9.17) is 16.3 Å². The van der Waals surface area contributed by atoms with Crippen LogP contribution in [-0.4, -0.2) is 36.7 Å². The summed E-state index contributed by atoms with van der Waals surface area (Å²) in [6.45, 7) is 1.78. The van der Waals surface area contributed by atoms with Crippen molar-refractivity contribution in [3.8, 4) is 11.3 Å². The highest BCUT2D eigenvalue weighted by Crippen LogP contribution is 2.30. The van der Waals surface area contributed by atoms with Crippen LogP contribution in [0, 0.1) is 0 Å². The van der Waals surface area contributed by atoms with Gasteiger partial charge in [0.2, 0.25) is 5.91 Å². The second-order valence-electron chi connectivity index (χ2n) is 5.33. The second kappa shape index (κ2) is 7.88. The summed E-state index contributed by atoms with van der Waals surface area (Å²) in [4.78, 5) is 16.3. The molecule has 0 bridgehead atoms. The molecule has 1 amide bonds. The van der Waals surface area contributed by atoms with Crippen molar-refractivity contribution in [3.05, 3.63) is 34.7 Å². The van der Waals surface area contributed by atoms with E-state index in [0.717, 1.165) is 30.7 Å². The lowest BCUT2D eigenvalue weighted by molar-refractivity contribution is -0.115. The van der Waals surface area contributed by atoms with E-state index in [1.165, 1.54) is 11.3 Å². The maximum atomic E-state index is 11.9. The van der Waals surface area contributed by atoms with Crippen LogP contribution in [0.15, 0.2) is 29.6 Å². The summed E-state index contributed by atoms with van der Waals surface area (Å²) in [7, 11) is 0. The third-order valence-corrected chi connectivity index (χ3v) is 4.67. The number of carbonyl (C=O) groups is 1. The first kappa shape index (κ1) is 16.4. The fourth-order valence-electron chi connectivity index (χ4n) is 2.44. The summed E-state index contributed by atoms with van der Waals surface area (Å²) in [5.74, 6) is -0.108. The number of nitrogens with one attached hydrogen (secondary N) is 2. The zero-order valence-electron chi connectivity index (χ0n) is 12.5. The molecule has 3 rings (SSSR count). The Balaban J connectivity index is 1.50. The van der Waals surface area contributed by atoms with Gasteiger partial charge >= 0.3 is 0 Å². The van der Waals surface area contributed by atoms with Crippen molar-refractivity contribution in [3.63, 3.8) is 0 Å². The van der Waals surface area contributed by atoms with Crippen LogP contribution < -0.4 is 10.6 Å². The number of hydrogen-bond acceptors (Lipinski definition) is 5. The van der Waals surface area contributed by atoms with Gasteiger partial charge in [-0.1, -0.05) is 29.8 Å². The lowest BCUT2D eigenvalue weighted by atomic mass is 10.2. The van der Waals surface area contributed by atoms with Gasteiger partial charge in [0.05, 0.1) is 18.3 Å². The Labute approximate surface area is 144 Å². The topological polar surface area (TPSA) is 63.2 Å². The highest BCUT2D eigenvalue weighted by atomic mass is 35.5. The number of ether oxygens (including phenoxy) is 1. The van der Waals surface area contributed by atoms with Gasteiger partial charge in [0.15, 0.2) is 5.13 Å². The van der Waals surface area contributed by atoms with Crippen molar-refractivity contribution < 1.29 is 9.53 Å². The number of hydrogen-bond donors (Lipinski definition) is 2. The second-order valence-corrected chi connectivity index (χ2v) is 6.60. The average Bonchev–Trinajstić information content (AvgIpc) is 3.20. The van der Waals surface area contributed by atoms with Crippen LogP contribution in [0.4, 0.5) is 5.13 Å². The van der Waals surface area contributed by atoms with E-state index < -0.39 is 0 Å². The van der Waals surface area contributed by atoms with Crippen LogP contribution in [0.5, 0.6) is 0 Å². The zero-order valence-corrected chi connectivity index (χ0v) is 14.1. The van der Waals surface area contributed by atoms with Gasteiger partial charge in [-0.15, -0.1) is 11.3 Å². The minimum atomic E-state index is -0.108. The van der Waals surface area contributed by atoms with E-state index in [2.05, 4.69) is 15.6 Å². The number of halogens is 1. The number of carbonyl (C=O) groups excluding carboxylic acids is 1. The molecule has 1 unspecified atom stereocenters. The van der Waals surface area contributed by atoms with Crippen molar-refractivity contribution in [2.45, 2.75) is 18.9 Å². The molecule has 1 aliphatic rings. The lowest BCUT2D eigenvalue weighted by Gasteiger charge is -2.10. The average molecular weight is 352 g/mol. The maximum Gasteiger partial charge on any atom is 0.240 e. The van der Waals surface area contributed by atoms with Crippen LogP contribution in [0.2, 0.25) is 5.02 Å². The Morgan fingerprint density at radius 2 is 2.30 bits per heavy atom. The molecule has 2 N–H and O–H groups in total. The molecule has 1 aromatic heterocycles. The summed E-state index contributed by atoms with van der Waals surface area (Å²) in [5, 5.41) is 9.02. The van der Waals surface area contributed by atoms with Crippen LogP contribution >= 0.6 is 22.9 Å². The van der Waals surface area contributed by atoms with Gasteiger partial charge in [0, 0.05) is 29.1 Å². The van der Waals surface area contributed by atoms with E-state index in [0.29, 0.717) is 16.7 Å². The lowest BCUT2D eigenvalue weighted by Crippen LogP contribution is -2.33. The fourth-order valence-corrected chi connectivity index (χ4v) is 3.40. The Bertz CT molecular complexity index is 671. The predicted octanol–water partition coefficient (Wildman–Crippen LogP) is 3.17. The molecule has 0 aliphatic carbocycles. The molecule has 2 aromatic rings. The largest absolute Gasteiger partial charge is 0.377 e. The number of thiazole rings is 1. The molecule has 7 heteroatoms. The monoisotopic (exact) mass is 351 g/mol. The molecule has 2 heterocycles. The summed E-state index contributed by atoms with van der Waals surface area (Å²) in [6, 6.07) is 7.52. The molecule has 0 spiro atoms. The van der Waals surface area contributed by atoms with Gasteiger partial charge in [-0.05, 0) is 18.9 Å². The van der Waals surface area contributed by atoms with Gasteiger partial charge in [-0.2, -0.15) is 0 Å². The van der Waals surface area contributed by atoms with Crippen molar-refractivity contribution >= 4 is 34.0 Å². The van der Waals surface area contributed by atoms with Crippen LogP contribution in [0.1, 0.15) is 12.8 Å². The molecular formula is C16H18ClN3O2S. The number of anilines is 1. The first-order valence-corrected chi connectivity index (χ1v) is 8.81. The molecule has 5 nitrogen and oxygen atoms in total. The standard InChI is InChI=1S/C16H18ClN3O2S/c17-13-6-2-1-5-12(13)14-10-23-16(19-14)20-15(21)9-18-8-11-4-3-7-22-11/h1-2,5-6,10-11,18H,3-4,7-9H2,(H,19,20,21). The number of aromatic nitrogens is 1. The van der Waals surface area contributed by atoms with Gasteiger partial charge < -0.3 is 15.4 Å². The molecule has 122 valence electrons. The van der Waals surface area contributed by atoms with E-state index in [1.807, 2.05) is 29.6 Å². The Morgan fingerprint density at radius 1 is 1.43 bits per heavy atom.